The zero-order chi connectivity index (χ0) is 18.5. The van der Waals surface area contributed by atoms with E-state index in [0.29, 0.717) is 6.04 Å². The van der Waals surface area contributed by atoms with Crippen molar-refractivity contribution in [2.45, 2.75) is 111 Å². The summed E-state index contributed by atoms with van der Waals surface area (Å²) in [4.78, 5) is 14.6. The van der Waals surface area contributed by atoms with Gasteiger partial charge in [0.25, 0.3) is 0 Å². The molecule has 0 aromatic rings. The van der Waals surface area contributed by atoms with Crippen LogP contribution in [0.5, 0.6) is 0 Å². The number of hydrogen-bond donors (Lipinski definition) is 2. The lowest BCUT2D eigenvalue weighted by molar-refractivity contribution is 0.163. The molecule has 0 aliphatic heterocycles. The van der Waals surface area contributed by atoms with E-state index in [1.165, 1.54) is 70.6 Å². The Morgan fingerprint density at radius 2 is 1.56 bits per heavy atom. The van der Waals surface area contributed by atoms with Gasteiger partial charge in [0, 0.05) is 19.1 Å². The van der Waals surface area contributed by atoms with E-state index in [2.05, 4.69) is 38.5 Å². The Morgan fingerprint density at radius 1 is 0.960 bits per heavy atom. The Morgan fingerprint density at radius 3 is 2.16 bits per heavy atom. The third kappa shape index (κ3) is 11.5. The number of hydrogen-bond acceptors (Lipinski definition) is 2. The van der Waals surface area contributed by atoms with Crippen molar-refractivity contribution in [1.29, 1.82) is 0 Å². The topological polar surface area (TPSA) is 44.4 Å². The van der Waals surface area contributed by atoms with Crippen molar-refractivity contribution in [2.24, 2.45) is 5.41 Å². The molecule has 0 saturated heterocycles. The summed E-state index contributed by atoms with van der Waals surface area (Å²) >= 11 is 0. The summed E-state index contributed by atoms with van der Waals surface area (Å²) in [5, 5.41) is 0. The number of nitrogens with one attached hydrogen (secondary N) is 2. The smallest absolute Gasteiger partial charge is 0.323 e. The molecule has 0 aromatic carbocycles. The highest BCUT2D eigenvalue weighted by Crippen LogP contribution is 2.18. The average molecular weight is 354 g/mol. The summed E-state index contributed by atoms with van der Waals surface area (Å²) in [6.45, 7) is 10.5. The monoisotopic (exact) mass is 353 g/mol. The fourth-order valence-corrected chi connectivity index (χ4v) is 3.57. The molecule has 25 heavy (non-hydrogen) atoms. The van der Waals surface area contributed by atoms with Crippen LogP contribution in [0.2, 0.25) is 0 Å². The number of amides is 2. The lowest BCUT2D eigenvalue weighted by atomic mass is 9.96. The van der Waals surface area contributed by atoms with Crippen LogP contribution >= 0.6 is 0 Å². The normalized spacial score (nSPS) is 16.0. The van der Waals surface area contributed by atoms with Crippen molar-refractivity contribution in [2.75, 3.05) is 13.1 Å². The van der Waals surface area contributed by atoms with E-state index >= 15 is 0 Å². The van der Waals surface area contributed by atoms with Gasteiger partial charge in [0.1, 0.15) is 0 Å². The predicted molar refractivity (Wildman–Crippen MR) is 108 cm³/mol. The predicted octanol–water partition coefficient (Wildman–Crippen LogP) is 5.63. The maximum absolute atomic E-state index is 12.6. The third-order valence-electron chi connectivity index (χ3n) is 4.97. The van der Waals surface area contributed by atoms with Gasteiger partial charge < -0.3 is 4.90 Å². The van der Waals surface area contributed by atoms with E-state index in [1.54, 1.807) is 0 Å². The van der Waals surface area contributed by atoms with Crippen molar-refractivity contribution in [3.05, 3.63) is 0 Å². The van der Waals surface area contributed by atoms with Gasteiger partial charge in [-0.25, -0.2) is 10.2 Å². The molecule has 2 N–H and O–H groups in total. The standard InChI is InChI=1S/C21H43N3O/c1-5-6-7-8-9-10-14-17-24(18-21(2,3)4)20(25)23-22-19-15-12-11-13-16-19/h19,22H,5-18H2,1-4H3,(H,23,25). The molecule has 0 unspecified atom stereocenters. The van der Waals surface area contributed by atoms with Crippen LogP contribution in [0.25, 0.3) is 0 Å². The van der Waals surface area contributed by atoms with Gasteiger partial charge in [0.2, 0.25) is 0 Å². The highest BCUT2D eigenvalue weighted by molar-refractivity contribution is 5.73. The number of hydrazine groups is 1. The van der Waals surface area contributed by atoms with Crippen molar-refractivity contribution in [3.8, 4) is 0 Å². The van der Waals surface area contributed by atoms with Crippen LogP contribution in [0.3, 0.4) is 0 Å². The molecule has 0 heterocycles. The molecule has 0 spiro atoms. The summed E-state index contributed by atoms with van der Waals surface area (Å²) in [6, 6.07) is 0.499. The molecule has 1 saturated carbocycles. The first-order chi connectivity index (χ1) is 11.9. The van der Waals surface area contributed by atoms with Gasteiger partial charge in [-0.3, -0.25) is 5.43 Å². The third-order valence-corrected chi connectivity index (χ3v) is 4.97. The average Bonchev–Trinajstić information content (AvgIpc) is 2.57. The maximum Gasteiger partial charge on any atom is 0.331 e. The number of nitrogens with zero attached hydrogens (tertiary/aromatic N) is 1. The Kier molecular flexibility index (Phi) is 11.2. The molecule has 0 bridgehead atoms. The second-order valence-electron chi connectivity index (χ2n) is 9.01. The van der Waals surface area contributed by atoms with E-state index in [1.807, 2.05) is 4.90 Å². The number of carbonyl (C=O) groups is 1. The van der Waals surface area contributed by atoms with E-state index < -0.39 is 0 Å². The molecule has 1 aliphatic carbocycles. The highest BCUT2D eigenvalue weighted by atomic mass is 16.2. The van der Waals surface area contributed by atoms with E-state index in [0.717, 1.165) is 19.5 Å². The van der Waals surface area contributed by atoms with Crippen LogP contribution in [-0.4, -0.2) is 30.1 Å². The molecule has 0 atom stereocenters. The summed E-state index contributed by atoms with van der Waals surface area (Å²) in [5.41, 5.74) is 6.38. The maximum atomic E-state index is 12.6. The van der Waals surface area contributed by atoms with E-state index in [-0.39, 0.29) is 11.4 Å². The van der Waals surface area contributed by atoms with Crippen molar-refractivity contribution in [1.82, 2.24) is 15.8 Å². The Bertz CT molecular complexity index is 346. The van der Waals surface area contributed by atoms with Gasteiger partial charge in [0.15, 0.2) is 0 Å². The van der Waals surface area contributed by atoms with Gasteiger partial charge in [-0.2, -0.15) is 0 Å². The molecule has 4 nitrogen and oxygen atoms in total. The molecular formula is C21H43N3O. The van der Waals surface area contributed by atoms with Crippen LogP contribution < -0.4 is 10.9 Å². The van der Waals surface area contributed by atoms with Crippen molar-refractivity contribution < 1.29 is 4.79 Å². The lowest BCUT2D eigenvalue weighted by Crippen LogP contribution is -2.52. The zero-order valence-corrected chi connectivity index (χ0v) is 17.3. The van der Waals surface area contributed by atoms with Gasteiger partial charge >= 0.3 is 6.03 Å². The molecule has 4 heteroatoms. The summed E-state index contributed by atoms with van der Waals surface area (Å²) in [6.07, 6.45) is 15.2. The highest BCUT2D eigenvalue weighted by Gasteiger charge is 2.21. The van der Waals surface area contributed by atoms with E-state index in [9.17, 15) is 4.79 Å². The minimum Gasteiger partial charge on any atom is -0.323 e. The molecule has 148 valence electrons. The van der Waals surface area contributed by atoms with Crippen LogP contribution in [0.1, 0.15) is 105 Å². The summed E-state index contributed by atoms with van der Waals surface area (Å²) in [7, 11) is 0. The second-order valence-corrected chi connectivity index (χ2v) is 9.01. The fraction of sp³-hybridized carbons (Fsp3) is 0.952. The van der Waals surface area contributed by atoms with Crippen molar-refractivity contribution >= 4 is 6.03 Å². The van der Waals surface area contributed by atoms with Crippen LogP contribution in [-0.2, 0) is 0 Å². The first-order valence-corrected chi connectivity index (χ1v) is 10.7. The number of carbonyl (C=O) groups excluding carboxylic acids is 1. The Labute approximate surface area is 156 Å². The SMILES string of the molecule is CCCCCCCCCN(CC(C)(C)C)C(=O)NNC1CCCCC1. The van der Waals surface area contributed by atoms with Gasteiger partial charge in [0.05, 0.1) is 0 Å². The van der Waals surface area contributed by atoms with Gasteiger partial charge in [-0.1, -0.05) is 85.5 Å². The fourth-order valence-electron chi connectivity index (χ4n) is 3.57. The molecular weight excluding hydrogens is 310 g/mol. The molecule has 0 radical (unpaired) electrons. The molecule has 2 amide bonds. The first kappa shape index (κ1) is 22.3. The number of unbranched alkanes of at least 4 members (excludes halogenated alkanes) is 6. The Balaban J connectivity index is 2.31. The minimum absolute atomic E-state index is 0.0477. The van der Waals surface area contributed by atoms with Crippen LogP contribution in [0.15, 0.2) is 0 Å². The first-order valence-electron chi connectivity index (χ1n) is 10.7. The number of urea groups is 1. The molecule has 1 fully saturated rings. The quantitative estimate of drug-likeness (QED) is 0.373. The van der Waals surface area contributed by atoms with Crippen molar-refractivity contribution in [3.63, 3.8) is 0 Å². The summed E-state index contributed by atoms with van der Waals surface area (Å²) < 4.78 is 0. The van der Waals surface area contributed by atoms with Crippen LogP contribution in [0.4, 0.5) is 4.79 Å². The zero-order valence-electron chi connectivity index (χ0n) is 17.3. The van der Waals surface area contributed by atoms with Crippen LogP contribution in [0, 0.1) is 5.41 Å². The molecule has 1 aliphatic rings. The van der Waals surface area contributed by atoms with Gasteiger partial charge in [-0.05, 0) is 24.7 Å². The molecule has 0 aromatic heterocycles. The lowest BCUT2D eigenvalue weighted by Gasteiger charge is -2.31. The largest absolute Gasteiger partial charge is 0.331 e. The summed E-state index contributed by atoms with van der Waals surface area (Å²) in [5.74, 6) is 0. The van der Waals surface area contributed by atoms with Gasteiger partial charge in [-0.15, -0.1) is 0 Å². The van der Waals surface area contributed by atoms with E-state index in [4.69, 9.17) is 0 Å². The Hall–Kier alpha value is -0.770. The second kappa shape index (κ2) is 12.6. The molecule has 1 rings (SSSR count). The number of rotatable bonds is 11. The minimum atomic E-state index is 0.0477.